The first-order valence-electron chi connectivity index (χ1n) is 9.82. The Hall–Kier alpha value is -2.68. The second-order valence-electron chi connectivity index (χ2n) is 7.52. The van der Waals surface area contributed by atoms with Crippen molar-refractivity contribution >= 4 is 39.1 Å². The predicted octanol–water partition coefficient (Wildman–Crippen LogP) is 3.39. The van der Waals surface area contributed by atoms with Crippen LogP contribution in [0.5, 0.6) is 0 Å². The lowest BCUT2D eigenvalue weighted by molar-refractivity contribution is 0.103. The highest BCUT2D eigenvalue weighted by molar-refractivity contribution is 7.89. The monoisotopic (exact) mass is 460 g/mol. The van der Waals surface area contributed by atoms with Crippen LogP contribution < -0.4 is 5.14 Å². The molecule has 0 radical (unpaired) electrons. The number of nitrogens with zero attached hydrogens (tertiary/aromatic N) is 1. The van der Waals surface area contributed by atoms with Crippen molar-refractivity contribution in [3.63, 3.8) is 0 Å². The molecule has 162 valence electrons. The maximum Gasteiger partial charge on any atom is 0.410 e. The SMILES string of the molecule is CCOC(=O)N1CCC2=C(C1)c1ccc(C(=O)c3ccc(Cl)c(S(N)(=O)=O)c3)cc1C2. The Morgan fingerprint density at radius 2 is 1.87 bits per heavy atom. The fourth-order valence-corrected chi connectivity index (χ4v) is 5.15. The first-order chi connectivity index (χ1) is 14.7. The molecule has 0 spiro atoms. The van der Waals surface area contributed by atoms with Gasteiger partial charge in [-0.05, 0) is 60.7 Å². The van der Waals surface area contributed by atoms with Gasteiger partial charge in [0.25, 0.3) is 0 Å². The standard InChI is InChI=1S/C22H21ClN2O5S/c1-2-30-22(27)25-8-7-13-9-16-10-14(3-5-17(16)18(13)12-25)21(26)15-4-6-19(23)20(11-15)31(24,28)29/h3-6,10-11H,2,7-9,12H2,1H3,(H2,24,28,29). The van der Waals surface area contributed by atoms with Gasteiger partial charge in [0.1, 0.15) is 4.90 Å². The van der Waals surface area contributed by atoms with Gasteiger partial charge in [0.05, 0.1) is 11.6 Å². The number of ether oxygens (including phenoxy) is 1. The molecule has 1 heterocycles. The summed E-state index contributed by atoms with van der Waals surface area (Å²) in [6.45, 7) is 3.21. The number of nitrogens with two attached hydrogens (primary N) is 1. The molecule has 31 heavy (non-hydrogen) atoms. The fraction of sp³-hybridized carbons (Fsp3) is 0.273. The average Bonchev–Trinajstić information content (AvgIpc) is 3.10. The van der Waals surface area contributed by atoms with Gasteiger partial charge in [-0.3, -0.25) is 4.79 Å². The number of primary sulfonamides is 1. The van der Waals surface area contributed by atoms with Crippen molar-refractivity contribution in [3.8, 4) is 0 Å². The summed E-state index contributed by atoms with van der Waals surface area (Å²) < 4.78 is 28.6. The molecule has 2 N–H and O–H groups in total. The number of carbonyl (C=O) groups excluding carboxylic acids is 2. The van der Waals surface area contributed by atoms with Crippen molar-refractivity contribution in [1.82, 2.24) is 4.90 Å². The predicted molar refractivity (Wildman–Crippen MR) is 117 cm³/mol. The van der Waals surface area contributed by atoms with Crippen molar-refractivity contribution < 1.29 is 22.7 Å². The summed E-state index contributed by atoms with van der Waals surface area (Å²) in [6.07, 6.45) is 1.18. The average molecular weight is 461 g/mol. The van der Waals surface area contributed by atoms with E-state index in [9.17, 15) is 18.0 Å². The second-order valence-corrected chi connectivity index (χ2v) is 9.46. The van der Waals surface area contributed by atoms with Crippen LogP contribution in [0.25, 0.3) is 5.57 Å². The van der Waals surface area contributed by atoms with Crippen LogP contribution >= 0.6 is 11.6 Å². The molecule has 2 aliphatic rings. The van der Waals surface area contributed by atoms with Crippen LogP contribution in [-0.4, -0.2) is 44.9 Å². The van der Waals surface area contributed by atoms with Gasteiger partial charge in [-0.1, -0.05) is 29.3 Å². The van der Waals surface area contributed by atoms with Crippen LogP contribution in [0, 0.1) is 0 Å². The Labute approximate surface area is 185 Å². The third-order valence-electron chi connectivity index (χ3n) is 5.58. The number of sulfonamides is 1. The molecule has 0 bridgehead atoms. The first-order valence-corrected chi connectivity index (χ1v) is 11.7. The molecular formula is C22H21ClN2O5S. The lowest BCUT2D eigenvalue weighted by atomic mass is 9.97. The van der Waals surface area contributed by atoms with Gasteiger partial charge in [-0.25, -0.2) is 18.4 Å². The van der Waals surface area contributed by atoms with Gasteiger partial charge < -0.3 is 9.64 Å². The molecule has 0 atom stereocenters. The maximum absolute atomic E-state index is 13.0. The highest BCUT2D eigenvalue weighted by Gasteiger charge is 2.30. The van der Waals surface area contributed by atoms with Crippen LogP contribution in [0.3, 0.4) is 0 Å². The molecule has 1 aliphatic heterocycles. The van der Waals surface area contributed by atoms with Crippen molar-refractivity contribution in [2.45, 2.75) is 24.7 Å². The molecule has 9 heteroatoms. The van der Waals surface area contributed by atoms with Crippen LogP contribution in [0.2, 0.25) is 5.02 Å². The number of rotatable bonds is 4. The minimum Gasteiger partial charge on any atom is -0.450 e. The summed E-state index contributed by atoms with van der Waals surface area (Å²) in [5.41, 5.74) is 5.06. The van der Waals surface area contributed by atoms with E-state index in [1.165, 1.54) is 23.8 Å². The van der Waals surface area contributed by atoms with E-state index in [-0.39, 0.29) is 27.4 Å². The van der Waals surface area contributed by atoms with Crippen molar-refractivity contribution in [1.29, 1.82) is 0 Å². The van der Waals surface area contributed by atoms with E-state index in [1.54, 1.807) is 17.9 Å². The molecule has 0 saturated carbocycles. The highest BCUT2D eigenvalue weighted by Crippen LogP contribution is 2.38. The zero-order chi connectivity index (χ0) is 22.3. The van der Waals surface area contributed by atoms with E-state index in [1.807, 2.05) is 12.1 Å². The molecule has 0 aromatic heterocycles. The van der Waals surface area contributed by atoms with E-state index < -0.39 is 10.0 Å². The zero-order valence-corrected chi connectivity index (χ0v) is 18.4. The van der Waals surface area contributed by atoms with Crippen LogP contribution in [0.15, 0.2) is 46.9 Å². The van der Waals surface area contributed by atoms with Crippen molar-refractivity contribution in [2.24, 2.45) is 5.14 Å². The molecule has 2 aromatic carbocycles. The summed E-state index contributed by atoms with van der Waals surface area (Å²) in [4.78, 5) is 26.5. The van der Waals surface area contributed by atoms with E-state index in [0.717, 1.165) is 29.5 Å². The summed E-state index contributed by atoms with van der Waals surface area (Å²) in [5, 5.41) is 5.16. The Morgan fingerprint density at radius 1 is 1.16 bits per heavy atom. The van der Waals surface area contributed by atoms with E-state index in [4.69, 9.17) is 21.5 Å². The molecule has 7 nitrogen and oxygen atoms in total. The molecule has 0 fully saturated rings. The number of hydrogen-bond acceptors (Lipinski definition) is 5. The molecule has 0 unspecified atom stereocenters. The molecule has 1 amide bonds. The second kappa shape index (κ2) is 8.11. The summed E-state index contributed by atoms with van der Waals surface area (Å²) in [7, 11) is -4.05. The van der Waals surface area contributed by atoms with Gasteiger partial charge >= 0.3 is 6.09 Å². The molecular weight excluding hydrogens is 440 g/mol. The maximum atomic E-state index is 13.0. The van der Waals surface area contributed by atoms with Gasteiger partial charge in [-0.15, -0.1) is 0 Å². The number of hydrogen-bond donors (Lipinski definition) is 1. The van der Waals surface area contributed by atoms with Gasteiger partial charge in [0.2, 0.25) is 10.0 Å². The Kier molecular flexibility index (Phi) is 5.63. The number of ketones is 1. The lowest BCUT2D eigenvalue weighted by Gasteiger charge is -2.27. The lowest BCUT2D eigenvalue weighted by Crippen LogP contribution is -2.36. The smallest absolute Gasteiger partial charge is 0.410 e. The first kappa shape index (κ1) is 21.5. The summed E-state index contributed by atoms with van der Waals surface area (Å²) in [6, 6.07) is 9.46. The molecule has 4 rings (SSSR count). The Morgan fingerprint density at radius 3 is 2.58 bits per heavy atom. The van der Waals surface area contributed by atoms with Gasteiger partial charge in [-0.2, -0.15) is 0 Å². The number of halogens is 1. The quantitative estimate of drug-likeness (QED) is 0.704. The summed E-state index contributed by atoms with van der Waals surface area (Å²) >= 11 is 5.92. The van der Waals surface area contributed by atoms with Crippen LogP contribution in [-0.2, 0) is 21.2 Å². The zero-order valence-electron chi connectivity index (χ0n) is 16.9. The summed E-state index contributed by atoms with van der Waals surface area (Å²) in [5.74, 6) is -0.317. The Bertz CT molecular complexity index is 1240. The topological polar surface area (TPSA) is 107 Å². The largest absolute Gasteiger partial charge is 0.450 e. The van der Waals surface area contributed by atoms with Gasteiger partial charge in [0, 0.05) is 24.2 Å². The number of carbonyl (C=O) groups is 2. The van der Waals surface area contributed by atoms with E-state index in [0.29, 0.717) is 25.3 Å². The van der Waals surface area contributed by atoms with E-state index >= 15 is 0 Å². The molecule has 0 saturated heterocycles. The minimum absolute atomic E-state index is 0.0315. The van der Waals surface area contributed by atoms with E-state index in [2.05, 4.69) is 0 Å². The third-order valence-corrected chi connectivity index (χ3v) is 6.97. The number of benzene rings is 2. The highest BCUT2D eigenvalue weighted by atomic mass is 35.5. The normalized spacial score (nSPS) is 15.5. The van der Waals surface area contributed by atoms with Gasteiger partial charge in [0.15, 0.2) is 5.78 Å². The Balaban J connectivity index is 1.60. The number of fused-ring (bicyclic) bond motifs is 2. The van der Waals surface area contributed by atoms with Crippen molar-refractivity contribution in [2.75, 3.05) is 19.7 Å². The van der Waals surface area contributed by atoms with Crippen molar-refractivity contribution in [3.05, 3.63) is 69.2 Å². The molecule has 1 aliphatic carbocycles. The minimum atomic E-state index is -4.05. The van der Waals surface area contributed by atoms with Crippen LogP contribution in [0.4, 0.5) is 4.79 Å². The fourth-order valence-electron chi connectivity index (χ4n) is 4.08. The van der Waals surface area contributed by atoms with Crippen LogP contribution in [0.1, 0.15) is 40.4 Å². The third kappa shape index (κ3) is 4.11. The number of amides is 1. The molecule has 2 aromatic rings.